The molecule has 1 aliphatic heterocycles. The van der Waals surface area contributed by atoms with Crippen LogP contribution in [0.1, 0.15) is 43.8 Å². The number of nitrogens with zero attached hydrogens (tertiary/aromatic N) is 2. The van der Waals surface area contributed by atoms with Crippen LogP contribution in [0, 0.1) is 12.8 Å². The summed E-state index contributed by atoms with van der Waals surface area (Å²) >= 11 is 0. The molecule has 1 unspecified atom stereocenters. The van der Waals surface area contributed by atoms with Crippen molar-refractivity contribution >= 4 is 11.8 Å². The molecule has 6 nitrogen and oxygen atoms in total. The Morgan fingerprint density at radius 2 is 1.87 bits per heavy atom. The van der Waals surface area contributed by atoms with E-state index >= 15 is 0 Å². The number of amides is 2. The Bertz CT molecular complexity index is 840. The molecule has 1 fully saturated rings. The van der Waals surface area contributed by atoms with Crippen LogP contribution in [0.2, 0.25) is 0 Å². The zero-order chi connectivity index (χ0) is 22.2. The van der Waals surface area contributed by atoms with E-state index in [2.05, 4.69) is 12.1 Å². The van der Waals surface area contributed by atoms with Crippen molar-refractivity contribution in [3.63, 3.8) is 0 Å². The van der Waals surface area contributed by atoms with Crippen molar-refractivity contribution in [1.29, 1.82) is 0 Å². The lowest BCUT2D eigenvalue weighted by molar-refractivity contribution is -0.144. The Labute approximate surface area is 185 Å². The average Bonchev–Trinajstić information content (AvgIpc) is 3.42. The molecule has 1 aliphatic rings. The monoisotopic (exact) mass is 426 g/mol. The van der Waals surface area contributed by atoms with Crippen LogP contribution in [-0.4, -0.2) is 54.0 Å². The first-order valence-electron chi connectivity index (χ1n) is 11.2. The first-order chi connectivity index (χ1) is 14.9. The molecule has 0 saturated carbocycles. The van der Waals surface area contributed by atoms with Crippen molar-refractivity contribution in [3.05, 3.63) is 59.5 Å². The number of carbonyl (C=O) groups is 2. The Balaban J connectivity index is 1.71. The van der Waals surface area contributed by atoms with Crippen LogP contribution in [-0.2, 0) is 27.3 Å². The van der Waals surface area contributed by atoms with E-state index in [1.54, 1.807) is 9.80 Å². The van der Waals surface area contributed by atoms with Gasteiger partial charge in [0.15, 0.2) is 0 Å². The van der Waals surface area contributed by atoms with Gasteiger partial charge in [-0.1, -0.05) is 44.2 Å². The highest BCUT2D eigenvalue weighted by Gasteiger charge is 2.27. The fourth-order valence-electron chi connectivity index (χ4n) is 3.85. The van der Waals surface area contributed by atoms with Gasteiger partial charge >= 0.3 is 0 Å². The van der Waals surface area contributed by atoms with E-state index in [9.17, 15) is 9.59 Å². The minimum atomic E-state index is -0.167. The van der Waals surface area contributed by atoms with Crippen LogP contribution in [0.4, 0.5) is 0 Å². The summed E-state index contributed by atoms with van der Waals surface area (Å²) in [6.45, 7) is 7.84. The number of furan rings is 1. The molecule has 1 aromatic carbocycles. The summed E-state index contributed by atoms with van der Waals surface area (Å²) in [6.07, 6.45) is 2.69. The van der Waals surface area contributed by atoms with E-state index in [1.807, 2.05) is 51.1 Å². The summed E-state index contributed by atoms with van der Waals surface area (Å²) in [5.41, 5.74) is 1.17. The van der Waals surface area contributed by atoms with Gasteiger partial charge in [0.05, 0.1) is 19.2 Å². The molecule has 2 aromatic rings. The minimum absolute atomic E-state index is 0.0132. The molecule has 0 spiro atoms. The van der Waals surface area contributed by atoms with Gasteiger partial charge in [0, 0.05) is 25.6 Å². The molecule has 2 amide bonds. The normalized spacial score (nSPS) is 15.9. The molecule has 3 rings (SSSR count). The van der Waals surface area contributed by atoms with Gasteiger partial charge in [-0.3, -0.25) is 9.59 Å². The van der Waals surface area contributed by atoms with Crippen LogP contribution < -0.4 is 0 Å². The maximum atomic E-state index is 13.3. The minimum Gasteiger partial charge on any atom is -0.464 e. The number of hydrogen-bond donors (Lipinski definition) is 0. The Morgan fingerprint density at radius 3 is 2.48 bits per heavy atom. The zero-order valence-electron chi connectivity index (χ0n) is 18.9. The number of ether oxygens (including phenoxy) is 1. The van der Waals surface area contributed by atoms with E-state index in [0.717, 1.165) is 37.4 Å². The Kier molecular flexibility index (Phi) is 8.29. The third-order valence-electron chi connectivity index (χ3n) is 5.59. The van der Waals surface area contributed by atoms with Crippen LogP contribution >= 0.6 is 0 Å². The van der Waals surface area contributed by atoms with Crippen molar-refractivity contribution in [2.45, 2.75) is 52.7 Å². The largest absolute Gasteiger partial charge is 0.464 e. The molecular weight excluding hydrogens is 392 g/mol. The van der Waals surface area contributed by atoms with Gasteiger partial charge in [-0.25, -0.2) is 0 Å². The molecule has 0 bridgehead atoms. The standard InChI is InChI=1S/C25H34N2O4/c1-19(2)25(29)27(16-22-10-7-15-30-22)18-24(28)26(17-23-12-11-20(3)31-23)14-13-21-8-5-4-6-9-21/h4-6,8-9,11-12,19,22H,7,10,13-18H2,1-3H3. The topological polar surface area (TPSA) is 63.0 Å². The number of benzene rings is 1. The van der Waals surface area contributed by atoms with Crippen LogP contribution in [0.3, 0.4) is 0 Å². The lowest BCUT2D eigenvalue weighted by Gasteiger charge is -2.30. The van der Waals surface area contributed by atoms with Crippen molar-refractivity contribution < 1.29 is 18.7 Å². The molecule has 168 valence electrons. The lowest BCUT2D eigenvalue weighted by Crippen LogP contribution is -2.47. The van der Waals surface area contributed by atoms with Gasteiger partial charge in [0.25, 0.3) is 0 Å². The first kappa shape index (κ1) is 23.1. The van der Waals surface area contributed by atoms with Gasteiger partial charge in [-0.15, -0.1) is 0 Å². The van der Waals surface area contributed by atoms with Crippen molar-refractivity contribution in [2.24, 2.45) is 5.92 Å². The van der Waals surface area contributed by atoms with Gasteiger partial charge in [-0.2, -0.15) is 0 Å². The second kappa shape index (κ2) is 11.1. The second-order valence-corrected chi connectivity index (χ2v) is 8.57. The molecule has 1 aromatic heterocycles. The summed E-state index contributed by atoms with van der Waals surface area (Å²) in [6, 6.07) is 13.9. The highest BCUT2D eigenvalue weighted by atomic mass is 16.5. The fourth-order valence-corrected chi connectivity index (χ4v) is 3.85. The van der Waals surface area contributed by atoms with E-state index in [-0.39, 0.29) is 30.4 Å². The van der Waals surface area contributed by atoms with Crippen molar-refractivity contribution in [3.8, 4) is 0 Å². The summed E-state index contributed by atoms with van der Waals surface area (Å²) in [7, 11) is 0. The van der Waals surface area contributed by atoms with Gasteiger partial charge in [0.2, 0.25) is 11.8 Å². The second-order valence-electron chi connectivity index (χ2n) is 8.57. The zero-order valence-corrected chi connectivity index (χ0v) is 18.9. The quantitative estimate of drug-likeness (QED) is 0.579. The SMILES string of the molecule is Cc1ccc(CN(CCc2ccccc2)C(=O)CN(CC2CCCO2)C(=O)C(C)C)o1. The molecule has 0 N–H and O–H groups in total. The number of carbonyl (C=O) groups excluding carboxylic acids is 2. The maximum absolute atomic E-state index is 13.3. The number of aryl methyl sites for hydroxylation is 1. The molecule has 2 heterocycles. The van der Waals surface area contributed by atoms with Crippen LogP contribution in [0.15, 0.2) is 46.9 Å². The average molecular weight is 427 g/mol. The van der Waals surface area contributed by atoms with E-state index in [4.69, 9.17) is 9.15 Å². The van der Waals surface area contributed by atoms with Crippen LogP contribution in [0.5, 0.6) is 0 Å². The Morgan fingerprint density at radius 1 is 1.10 bits per heavy atom. The van der Waals surface area contributed by atoms with Crippen LogP contribution in [0.25, 0.3) is 0 Å². The maximum Gasteiger partial charge on any atom is 0.242 e. The molecule has 0 radical (unpaired) electrons. The highest BCUT2D eigenvalue weighted by molar-refractivity contribution is 5.85. The van der Waals surface area contributed by atoms with E-state index in [0.29, 0.717) is 19.6 Å². The van der Waals surface area contributed by atoms with E-state index < -0.39 is 0 Å². The molecular formula is C25H34N2O4. The summed E-state index contributed by atoms with van der Waals surface area (Å²) in [5.74, 6) is 1.32. The molecule has 31 heavy (non-hydrogen) atoms. The van der Waals surface area contributed by atoms with Gasteiger partial charge in [0.1, 0.15) is 11.5 Å². The van der Waals surface area contributed by atoms with Gasteiger partial charge < -0.3 is 19.0 Å². The summed E-state index contributed by atoms with van der Waals surface area (Å²) in [4.78, 5) is 29.6. The molecule has 0 aliphatic carbocycles. The number of hydrogen-bond acceptors (Lipinski definition) is 4. The van der Waals surface area contributed by atoms with E-state index in [1.165, 1.54) is 5.56 Å². The van der Waals surface area contributed by atoms with Gasteiger partial charge in [-0.05, 0) is 43.9 Å². The lowest BCUT2D eigenvalue weighted by atomic mass is 10.1. The molecule has 1 atom stereocenters. The predicted molar refractivity (Wildman–Crippen MR) is 119 cm³/mol. The highest BCUT2D eigenvalue weighted by Crippen LogP contribution is 2.16. The smallest absolute Gasteiger partial charge is 0.242 e. The van der Waals surface area contributed by atoms with Crippen molar-refractivity contribution in [1.82, 2.24) is 9.80 Å². The Hall–Kier alpha value is -2.60. The third-order valence-corrected chi connectivity index (χ3v) is 5.59. The third kappa shape index (κ3) is 6.96. The van der Waals surface area contributed by atoms with Crippen molar-refractivity contribution in [2.75, 3.05) is 26.2 Å². The first-order valence-corrected chi connectivity index (χ1v) is 11.2. The number of rotatable bonds is 10. The fraction of sp³-hybridized carbons (Fsp3) is 0.520. The summed E-state index contributed by atoms with van der Waals surface area (Å²) in [5, 5.41) is 0. The summed E-state index contributed by atoms with van der Waals surface area (Å²) < 4.78 is 11.4. The predicted octanol–water partition coefficient (Wildman–Crippen LogP) is 3.82. The molecule has 1 saturated heterocycles. The molecule has 6 heteroatoms.